The van der Waals surface area contributed by atoms with Crippen molar-refractivity contribution < 1.29 is 22.8 Å². The van der Waals surface area contributed by atoms with Gasteiger partial charge in [-0.25, -0.2) is 9.97 Å². The molecule has 0 spiro atoms. The first-order valence-corrected chi connectivity index (χ1v) is 7.95. The maximum absolute atomic E-state index is 12.8. The van der Waals surface area contributed by atoms with E-state index in [9.17, 15) is 22.8 Å². The highest BCUT2D eigenvalue weighted by atomic mass is 19.4. The van der Waals surface area contributed by atoms with E-state index in [1.807, 2.05) is 0 Å². The lowest BCUT2D eigenvalue weighted by atomic mass is 10.0. The number of hydrogen-bond donors (Lipinski definition) is 2. The Labute approximate surface area is 157 Å². The van der Waals surface area contributed by atoms with E-state index in [1.165, 1.54) is 18.5 Å². The first-order chi connectivity index (χ1) is 13.3. The predicted molar refractivity (Wildman–Crippen MR) is 95.4 cm³/mol. The number of nitrogens with one attached hydrogen (secondary N) is 1. The summed E-state index contributed by atoms with van der Waals surface area (Å²) in [6.07, 6.45) is -1.81. The first-order valence-electron chi connectivity index (χ1n) is 7.95. The number of alkyl halides is 3. The molecule has 0 aliphatic heterocycles. The van der Waals surface area contributed by atoms with Gasteiger partial charge in [-0.2, -0.15) is 13.2 Å². The summed E-state index contributed by atoms with van der Waals surface area (Å²) >= 11 is 0. The van der Waals surface area contributed by atoms with Crippen LogP contribution in [0.15, 0.2) is 60.9 Å². The second kappa shape index (κ2) is 7.47. The van der Waals surface area contributed by atoms with E-state index in [2.05, 4.69) is 15.3 Å². The van der Waals surface area contributed by atoms with Crippen LogP contribution in [0.5, 0.6) is 0 Å². The Morgan fingerprint density at radius 1 is 0.964 bits per heavy atom. The molecule has 1 aromatic heterocycles. The van der Waals surface area contributed by atoms with Gasteiger partial charge < -0.3 is 5.73 Å². The van der Waals surface area contributed by atoms with Crippen molar-refractivity contribution in [2.45, 2.75) is 6.18 Å². The number of amides is 2. The zero-order chi connectivity index (χ0) is 20.3. The van der Waals surface area contributed by atoms with E-state index < -0.39 is 23.6 Å². The molecule has 28 heavy (non-hydrogen) atoms. The predicted octanol–water partition coefficient (Wildman–Crippen LogP) is 3.51. The standard InChI is InChI=1S/C19H13F3N4O2/c20-19(21,22)13-5-3-4-11(8-13)17(28)26-18-24-9-12(10-25-18)14-6-1-2-7-15(14)16(23)27/h1-10H,(H2,23,27)(H,24,25,26,28). The summed E-state index contributed by atoms with van der Waals surface area (Å²) in [5, 5.41) is 2.33. The Balaban J connectivity index is 1.80. The molecule has 0 unspecified atom stereocenters. The molecule has 0 atom stereocenters. The number of nitrogens with zero attached hydrogens (tertiary/aromatic N) is 2. The highest BCUT2D eigenvalue weighted by Crippen LogP contribution is 2.29. The lowest BCUT2D eigenvalue weighted by Gasteiger charge is -2.09. The smallest absolute Gasteiger partial charge is 0.366 e. The minimum absolute atomic E-state index is 0.0947. The van der Waals surface area contributed by atoms with Gasteiger partial charge >= 0.3 is 6.18 Å². The van der Waals surface area contributed by atoms with Crippen LogP contribution in [0.4, 0.5) is 19.1 Å². The summed E-state index contributed by atoms with van der Waals surface area (Å²) in [7, 11) is 0. The van der Waals surface area contributed by atoms with Crippen molar-refractivity contribution in [3.8, 4) is 11.1 Å². The second-order valence-corrected chi connectivity index (χ2v) is 5.74. The Morgan fingerprint density at radius 3 is 2.29 bits per heavy atom. The largest absolute Gasteiger partial charge is 0.416 e. The summed E-state index contributed by atoms with van der Waals surface area (Å²) in [5.74, 6) is -1.49. The SMILES string of the molecule is NC(=O)c1ccccc1-c1cnc(NC(=O)c2cccc(C(F)(F)F)c2)nc1. The zero-order valence-electron chi connectivity index (χ0n) is 14.2. The average molecular weight is 386 g/mol. The van der Waals surface area contributed by atoms with Crippen molar-refractivity contribution in [1.29, 1.82) is 0 Å². The molecule has 3 N–H and O–H groups in total. The van der Waals surface area contributed by atoms with Crippen LogP contribution in [-0.4, -0.2) is 21.8 Å². The molecule has 1 heterocycles. The Bertz CT molecular complexity index is 1030. The molecule has 0 saturated heterocycles. The first kappa shape index (κ1) is 19.0. The molecule has 0 aliphatic carbocycles. The number of rotatable bonds is 4. The summed E-state index contributed by atoms with van der Waals surface area (Å²) < 4.78 is 38.3. The fraction of sp³-hybridized carbons (Fsp3) is 0.0526. The number of carbonyl (C=O) groups excluding carboxylic acids is 2. The van der Waals surface area contributed by atoms with E-state index in [1.54, 1.807) is 24.3 Å². The number of hydrogen-bond acceptors (Lipinski definition) is 4. The van der Waals surface area contributed by atoms with Crippen LogP contribution in [0.25, 0.3) is 11.1 Å². The molecule has 0 saturated carbocycles. The number of halogens is 3. The van der Waals surface area contributed by atoms with E-state index >= 15 is 0 Å². The van der Waals surface area contributed by atoms with Gasteiger partial charge in [0.15, 0.2) is 0 Å². The summed E-state index contributed by atoms with van der Waals surface area (Å²) in [4.78, 5) is 31.6. The molecule has 0 bridgehead atoms. The highest BCUT2D eigenvalue weighted by Gasteiger charge is 2.30. The molecule has 0 aliphatic rings. The number of aromatic nitrogens is 2. The maximum Gasteiger partial charge on any atom is 0.416 e. The molecule has 3 rings (SSSR count). The van der Waals surface area contributed by atoms with Crippen LogP contribution >= 0.6 is 0 Å². The van der Waals surface area contributed by atoms with E-state index in [-0.39, 0.29) is 17.1 Å². The highest BCUT2D eigenvalue weighted by molar-refractivity contribution is 6.03. The van der Waals surface area contributed by atoms with E-state index in [0.717, 1.165) is 18.2 Å². The molecule has 0 radical (unpaired) electrons. The van der Waals surface area contributed by atoms with Gasteiger partial charge in [-0.1, -0.05) is 24.3 Å². The van der Waals surface area contributed by atoms with Gasteiger partial charge in [-0.15, -0.1) is 0 Å². The van der Waals surface area contributed by atoms with Crippen LogP contribution < -0.4 is 11.1 Å². The van der Waals surface area contributed by atoms with Crippen molar-refractivity contribution in [3.05, 3.63) is 77.6 Å². The third kappa shape index (κ3) is 4.14. The topological polar surface area (TPSA) is 98.0 Å². The third-order valence-corrected chi connectivity index (χ3v) is 3.83. The fourth-order valence-electron chi connectivity index (χ4n) is 2.49. The van der Waals surface area contributed by atoms with Gasteiger partial charge in [0.2, 0.25) is 11.9 Å². The summed E-state index contributed by atoms with van der Waals surface area (Å²) in [5.41, 5.74) is 5.52. The molecule has 142 valence electrons. The van der Waals surface area contributed by atoms with Crippen molar-refractivity contribution >= 4 is 17.8 Å². The number of carbonyl (C=O) groups is 2. The second-order valence-electron chi connectivity index (χ2n) is 5.74. The normalized spacial score (nSPS) is 11.1. The third-order valence-electron chi connectivity index (χ3n) is 3.83. The monoisotopic (exact) mass is 386 g/mol. The number of benzene rings is 2. The van der Waals surface area contributed by atoms with Gasteiger partial charge in [0.05, 0.1) is 5.56 Å². The average Bonchev–Trinajstić information content (AvgIpc) is 2.68. The minimum atomic E-state index is -4.55. The Morgan fingerprint density at radius 2 is 1.64 bits per heavy atom. The quantitative estimate of drug-likeness (QED) is 0.717. The van der Waals surface area contributed by atoms with Crippen molar-refractivity contribution in [2.24, 2.45) is 5.73 Å². The van der Waals surface area contributed by atoms with Crippen molar-refractivity contribution in [1.82, 2.24) is 9.97 Å². The zero-order valence-corrected chi connectivity index (χ0v) is 14.2. The maximum atomic E-state index is 12.8. The van der Waals surface area contributed by atoms with Gasteiger partial charge in [-0.3, -0.25) is 14.9 Å². The van der Waals surface area contributed by atoms with Crippen molar-refractivity contribution in [2.75, 3.05) is 5.32 Å². The number of nitrogens with two attached hydrogens (primary N) is 1. The van der Waals surface area contributed by atoms with Gasteiger partial charge in [0.1, 0.15) is 0 Å². The van der Waals surface area contributed by atoms with E-state index in [4.69, 9.17) is 5.73 Å². The fourth-order valence-corrected chi connectivity index (χ4v) is 2.49. The van der Waals surface area contributed by atoms with Crippen LogP contribution in [0, 0.1) is 0 Å². The van der Waals surface area contributed by atoms with Crippen molar-refractivity contribution in [3.63, 3.8) is 0 Å². The Hall–Kier alpha value is -3.75. The molecule has 3 aromatic rings. The van der Waals surface area contributed by atoms with Crippen LogP contribution in [-0.2, 0) is 6.18 Å². The molecule has 6 nitrogen and oxygen atoms in total. The minimum Gasteiger partial charge on any atom is -0.366 e. The molecule has 9 heteroatoms. The molecule has 2 aromatic carbocycles. The molecular formula is C19H13F3N4O2. The summed E-state index contributed by atoms with van der Waals surface area (Å²) in [6.45, 7) is 0. The number of primary amides is 1. The van der Waals surface area contributed by atoms with Crippen LogP contribution in [0.1, 0.15) is 26.3 Å². The molecule has 0 fully saturated rings. The Kier molecular flexibility index (Phi) is 5.08. The van der Waals surface area contributed by atoms with Gasteiger partial charge in [-0.05, 0) is 29.8 Å². The van der Waals surface area contributed by atoms with Crippen LogP contribution in [0.3, 0.4) is 0 Å². The van der Waals surface area contributed by atoms with E-state index in [0.29, 0.717) is 11.1 Å². The lowest BCUT2D eigenvalue weighted by molar-refractivity contribution is -0.137. The molecular weight excluding hydrogens is 373 g/mol. The lowest BCUT2D eigenvalue weighted by Crippen LogP contribution is -2.15. The molecule has 2 amide bonds. The van der Waals surface area contributed by atoms with Gasteiger partial charge in [0.25, 0.3) is 5.91 Å². The van der Waals surface area contributed by atoms with Gasteiger partial charge in [0, 0.05) is 29.1 Å². The number of anilines is 1. The summed E-state index contributed by atoms with van der Waals surface area (Å²) in [6, 6.07) is 10.6. The van der Waals surface area contributed by atoms with Crippen LogP contribution in [0.2, 0.25) is 0 Å².